The number of hydrogen-bond acceptors (Lipinski definition) is 5. The van der Waals surface area contributed by atoms with Crippen LogP contribution in [0, 0.1) is 0 Å². The third-order valence-corrected chi connectivity index (χ3v) is 6.65. The van der Waals surface area contributed by atoms with Crippen molar-refractivity contribution in [3.05, 3.63) is 35.4 Å². The third kappa shape index (κ3) is 7.17. The zero-order valence-corrected chi connectivity index (χ0v) is 20.0. The number of nitrogens with zero attached hydrogens (tertiary/aromatic N) is 4. The molecule has 0 unspecified atom stereocenters. The van der Waals surface area contributed by atoms with Crippen molar-refractivity contribution in [3.8, 4) is 0 Å². The van der Waals surface area contributed by atoms with Crippen molar-refractivity contribution in [1.82, 2.24) is 25.3 Å². The molecule has 3 rings (SSSR count). The summed E-state index contributed by atoms with van der Waals surface area (Å²) in [5, 5.41) is 7.05. The molecule has 1 aromatic carbocycles. The molecule has 0 radical (unpaired) electrons. The summed E-state index contributed by atoms with van der Waals surface area (Å²) in [5.41, 5.74) is 2.81. The summed E-state index contributed by atoms with van der Waals surface area (Å²) in [6.45, 7) is 18.9. The minimum Gasteiger partial charge on any atom is -0.379 e. The Labute approximate surface area is 188 Å². The Morgan fingerprint density at radius 2 is 1.61 bits per heavy atom. The minimum absolute atomic E-state index is 0.0555. The lowest BCUT2D eigenvalue weighted by Crippen LogP contribution is -2.56. The Hall–Kier alpha value is -1.67. The van der Waals surface area contributed by atoms with Gasteiger partial charge in [-0.3, -0.25) is 14.8 Å². The van der Waals surface area contributed by atoms with Crippen molar-refractivity contribution in [1.29, 1.82) is 0 Å². The van der Waals surface area contributed by atoms with E-state index >= 15 is 0 Å². The number of rotatable bonds is 8. The van der Waals surface area contributed by atoms with E-state index in [0.717, 1.165) is 71.5 Å². The molecule has 2 aliphatic rings. The van der Waals surface area contributed by atoms with Gasteiger partial charge in [-0.15, -0.1) is 0 Å². The van der Waals surface area contributed by atoms with Crippen LogP contribution in [0.2, 0.25) is 0 Å². The third-order valence-electron chi connectivity index (χ3n) is 6.65. The van der Waals surface area contributed by atoms with Crippen molar-refractivity contribution in [2.24, 2.45) is 4.99 Å². The smallest absolute Gasteiger partial charge is 0.191 e. The van der Waals surface area contributed by atoms with Crippen LogP contribution in [0.5, 0.6) is 0 Å². The lowest BCUT2D eigenvalue weighted by Gasteiger charge is -2.41. The standard InChI is InChI=1S/C24H42N6O/c1-5-28-10-12-29(13-11-28)19-22-9-7-6-8-21(22)18-26-23(25-4)27-20-24(2,3)30-14-16-31-17-15-30/h6-9H,5,10-20H2,1-4H3,(H2,25,26,27). The van der Waals surface area contributed by atoms with Gasteiger partial charge in [0.25, 0.3) is 0 Å². The van der Waals surface area contributed by atoms with E-state index in [9.17, 15) is 0 Å². The average molecular weight is 431 g/mol. The lowest BCUT2D eigenvalue weighted by atomic mass is 10.0. The Morgan fingerprint density at radius 3 is 2.26 bits per heavy atom. The van der Waals surface area contributed by atoms with Gasteiger partial charge in [-0.25, -0.2) is 0 Å². The van der Waals surface area contributed by atoms with Gasteiger partial charge in [0.2, 0.25) is 0 Å². The number of aliphatic imine (C=N–C) groups is 1. The van der Waals surface area contributed by atoms with Crippen LogP contribution in [0.3, 0.4) is 0 Å². The molecule has 0 spiro atoms. The Bertz CT molecular complexity index is 693. The van der Waals surface area contributed by atoms with E-state index < -0.39 is 0 Å². The van der Waals surface area contributed by atoms with E-state index in [1.165, 1.54) is 24.2 Å². The number of ether oxygens (including phenoxy) is 1. The summed E-state index contributed by atoms with van der Waals surface area (Å²) >= 11 is 0. The SMILES string of the molecule is CCN1CCN(Cc2ccccc2CNC(=NC)NCC(C)(C)N2CCOCC2)CC1. The molecule has 2 saturated heterocycles. The molecule has 7 nitrogen and oxygen atoms in total. The Morgan fingerprint density at radius 1 is 0.968 bits per heavy atom. The van der Waals surface area contributed by atoms with E-state index in [2.05, 4.69) is 75.4 Å². The molecule has 1 aromatic rings. The van der Waals surface area contributed by atoms with Crippen LogP contribution in [0.15, 0.2) is 29.3 Å². The van der Waals surface area contributed by atoms with Crippen LogP contribution in [0.1, 0.15) is 31.9 Å². The number of morpholine rings is 1. The quantitative estimate of drug-likeness (QED) is 0.483. The zero-order valence-electron chi connectivity index (χ0n) is 20.0. The number of guanidine groups is 1. The van der Waals surface area contributed by atoms with Crippen LogP contribution in [0.4, 0.5) is 0 Å². The maximum atomic E-state index is 5.50. The number of hydrogen-bond donors (Lipinski definition) is 2. The van der Waals surface area contributed by atoms with Crippen molar-refractivity contribution >= 4 is 5.96 Å². The van der Waals surface area contributed by atoms with Crippen LogP contribution in [-0.2, 0) is 17.8 Å². The molecule has 2 aliphatic heterocycles. The van der Waals surface area contributed by atoms with Gasteiger partial charge in [0.05, 0.1) is 13.2 Å². The van der Waals surface area contributed by atoms with Gasteiger partial charge < -0.3 is 20.3 Å². The summed E-state index contributed by atoms with van der Waals surface area (Å²) in [6, 6.07) is 8.78. The Balaban J connectivity index is 1.50. The molecule has 31 heavy (non-hydrogen) atoms. The number of piperazine rings is 1. The first-order chi connectivity index (χ1) is 15.0. The van der Waals surface area contributed by atoms with Gasteiger partial charge in [0.1, 0.15) is 0 Å². The second-order valence-electron chi connectivity index (χ2n) is 9.17. The minimum atomic E-state index is 0.0555. The number of likely N-dealkylation sites (N-methyl/N-ethyl adjacent to an activating group) is 1. The van der Waals surface area contributed by atoms with Crippen molar-refractivity contribution in [2.75, 3.05) is 72.6 Å². The summed E-state index contributed by atoms with van der Waals surface area (Å²) in [4.78, 5) is 12.0. The van der Waals surface area contributed by atoms with Crippen LogP contribution in [-0.4, -0.2) is 98.8 Å². The molecular weight excluding hydrogens is 388 g/mol. The molecule has 2 fully saturated rings. The monoisotopic (exact) mass is 430 g/mol. The number of benzene rings is 1. The van der Waals surface area contributed by atoms with Gasteiger partial charge in [0, 0.05) is 71.5 Å². The Kier molecular flexibility index (Phi) is 9.14. The van der Waals surface area contributed by atoms with Crippen molar-refractivity contribution in [3.63, 3.8) is 0 Å². The van der Waals surface area contributed by atoms with Crippen LogP contribution >= 0.6 is 0 Å². The molecule has 0 aliphatic carbocycles. The maximum Gasteiger partial charge on any atom is 0.191 e. The molecule has 0 bridgehead atoms. The second-order valence-corrected chi connectivity index (χ2v) is 9.17. The summed E-state index contributed by atoms with van der Waals surface area (Å²) in [7, 11) is 1.84. The zero-order chi connectivity index (χ0) is 22.1. The van der Waals surface area contributed by atoms with E-state index in [4.69, 9.17) is 4.74 Å². The van der Waals surface area contributed by atoms with E-state index in [0.29, 0.717) is 0 Å². The van der Waals surface area contributed by atoms with Crippen molar-refractivity contribution < 1.29 is 4.74 Å². The highest BCUT2D eigenvalue weighted by Crippen LogP contribution is 2.16. The van der Waals surface area contributed by atoms with Crippen LogP contribution < -0.4 is 10.6 Å². The van der Waals surface area contributed by atoms with Gasteiger partial charge >= 0.3 is 0 Å². The fourth-order valence-electron chi connectivity index (χ4n) is 4.37. The first kappa shape index (κ1) is 24.0. The normalized spacial score (nSPS) is 20.1. The highest BCUT2D eigenvalue weighted by atomic mass is 16.5. The number of nitrogens with one attached hydrogen (secondary N) is 2. The summed E-state index contributed by atoms with van der Waals surface area (Å²) < 4.78 is 5.50. The maximum absolute atomic E-state index is 5.50. The average Bonchev–Trinajstić information content (AvgIpc) is 2.81. The molecule has 2 heterocycles. The van der Waals surface area contributed by atoms with Gasteiger partial charge in [0.15, 0.2) is 5.96 Å². The lowest BCUT2D eigenvalue weighted by molar-refractivity contribution is -0.00834. The predicted molar refractivity (Wildman–Crippen MR) is 129 cm³/mol. The van der Waals surface area contributed by atoms with Gasteiger partial charge in [-0.05, 0) is 31.5 Å². The first-order valence-electron chi connectivity index (χ1n) is 11.8. The van der Waals surface area contributed by atoms with E-state index in [1.54, 1.807) is 0 Å². The molecule has 0 saturated carbocycles. The summed E-state index contributed by atoms with van der Waals surface area (Å²) in [5.74, 6) is 0.854. The highest BCUT2D eigenvalue weighted by molar-refractivity contribution is 5.79. The molecule has 0 aromatic heterocycles. The fraction of sp³-hybridized carbons (Fsp3) is 0.708. The van der Waals surface area contributed by atoms with Crippen LogP contribution in [0.25, 0.3) is 0 Å². The van der Waals surface area contributed by atoms with Gasteiger partial charge in [-0.1, -0.05) is 31.2 Å². The van der Waals surface area contributed by atoms with E-state index in [-0.39, 0.29) is 5.54 Å². The van der Waals surface area contributed by atoms with Crippen molar-refractivity contribution in [2.45, 2.75) is 39.4 Å². The molecule has 0 atom stereocenters. The largest absolute Gasteiger partial charge is 0.379 e. The molecule has 7 heteroatoms. The molecule has 0 amide bonds. The topological polar surface area (TPSA) is 55.4 Å². The first-order valence-corrected chi connectivity index (χ1v) is 11.8. The second kappa shape index (κ2) is 11.8. The highest BCUT2D eigenvalue weighted by Gasteiger charge is 2.28. The molecule has 174 valence electrons. The molecule has 2 N–H and O–H groups in total. The fourth-order valence-corrected chi connectivity index (χ4v) is 4.37. The summed E-state index contributed by atoms with van der Waals surface area (Å²) in [6.07, 6.45) is 0. The van der Waals surface area contributed by atoms with Gasteiger partial charge in [-0.2, -0.15) is 0 Å². The predicted octanol–water partition coefficient (Wildman–Crippen LogP) is 1.60. The van der Waals surface area contributed by atoms with E-state index in [1.807, 2.05) is 7.05 Å². The molecular formula is C24H42N6O.